The molecule has 0 aromatic carbocycles. The summed E-state index contributed by atoms with van der Waals surface area (Å²) in [5, 5.41) is 0. The number of hydrogen-bond acceptors (Lipinski definition) is 0. The molecular weight excluding hydrogens is 302 g/mol. The average Bonchev–Trinajstić information content (AvgIpc) is 2.56. The highest BCUT2D eigenvalue weighted by Crippen LogP contribution is 2.50. The van der Waals surface area contributed by atoms with E-state index in [1.54, 1.807) is 16.5 Å². The van der Waals surface area contributed by atoms with E-state index >= 15 is 0 Å². The average molecular weight is 340 g/mol. The van der Waals surface area contributed by atoms with Crippen LogP contribution in [0.25, 0.3) is 0 Å². The molecule has 0 saturated heterocycles. The first-order valence-corrected chi connectivity index (χ1v) is 13.0. The second-order valence-corrected chi connectivity index (χ2v) is 11.0. The Morgan fingerprint density at radius 1 is 0.318 bits per heavy atom. The highest BCUT2D eigenvalue weighted by molar-refractivity contribution is 8.12. The van der Waals surface area contributed by atoms with Gasteiger partial charge >= 0.3 is 0 Å². The van der Waals surface area contributed by atoms with Crippen LogP contribution in [0, 0.1) is 0 Å². The Bertz CT molecular complexity index is 208. The van der Waals surface area contributed by atoms with Crippen LogP contribution in [0.2, 0.25) is 0 Å². The van der Waals surface area contributed by atoms with Crippen molar-refractivity contribution < 1.29 is 0 Å². The molecular formula is C20H38P2. The van der Waals surface area contributed by atoms with E-state index in [1.165, 1.54) is 116 Å². The molecule has 0 nitrogen and oxygen atoms in total. The Balaban J connectivity index is 1.67. The van der Waals surface area contributed by atoms with Gasteiger partial charge < -0.3 is 0 Å². The Kier molecular flexibility index (Phi) is 11.5. The van der Waals surface area contributed by atoms with Gasteiger partial charge in [-0.05, 0) is 53.5 Å². The second-order valence-electron chi connectivity index (χ2n) is 7.64. The normalized spacial score (nSPS) is 26.7. The first-order chi connectivity index (χ1) is 10.9. The van der Waals surface area contributed by atoms with Crippen molar-refractivity contribution in [1.82, 2.24) is 0 Å². The Hall–Kier alpha value is 0.860. The molecule has 0 aromatic heterocycles. The van der Waals surface area contributed by atoms with E-state index in [0.717, 1.165) is 11.3 Å². The zero-order chi connectivity index (χ0) is 15.3. The fourth-order valence-corrected chi connectivity index (χ4v) is 8.08. The van der Waals surface area contributed by atoms with Gasteiger partial charge in [0, 0.05) is 0 Å². The first-order valence-electron chi connectivity index (χ1n) is 10.3. The van der Waals surface area contributed by atoms with Crippen LogP contribution in [-0.4, -0.2) is 11.3 Å². The fourth-order valence-electron chi connectivity index (χ4n) is 4.00. The molecule has 0 aromatic rings. The SMILES string of the molecule is C1CCCCC([P][P]C2CCCCCCCCC2)CCCC1. The van der Waals surface area contributed by atoms with Crippen molar-refractivity contribution in [3.8, 4) is 0 Å². The molecule has 0 unspecified atom stereocenters. The van der Waals surface area contributed by atoms with Crippen LogP contribution < -0.4 is 0 Å². The van der Waals surface area contributed by atoms with Gasteiger partial charge in [0.05, 0.1) is 0 Å². The second kappa shape index (κ2) is 13.2. The van der Waals surface area contributed by atoms with Crippen LogP contribution in [0.3, 0.4) is 0 Å². The largest absolute Gasteiger partial charge is 0.0533 e. The summed E-state index contributed by atoms with van der Waals surface area (Å²) in [5.41, 5.74) is 2.07. The molecule has 2 aliphatic rings. The molecule has 0 N–H and O–H groups in total. The molecule has 0 atom stereocenters. The van der Waals surface area contributed by atoms with Crippen molar-refractivity contribution in [2.75, 3.05) is 0 Å². The summed E-state index contributed by atoms with van der Waals surface area (Å²) in [6.45, 7) is 0. The van der Waals surface area contributed by atoms with E-state index in [1.807, 2.05) is 0 Å². The van der Waals surface area contributed by atoms with Gasteiger partial charge in [0.25, 0.3) is 0 Å². The van der Waals surface area contributed by atoms with E-state index in [4.69, 9.17) is 0 Å². The van der Waals surface area contributed by atoms with E-state index in [-0.39, 0.29) is 0 Å². The lowest BCUT2D eigenvalue weighted by Gasteiger charge is -2.22. The smallest absolute Gasteiger partial charge is 0.0125 e. The zero-order valence-corrected chi connectivity index (χ0v) is 16.6. The van der Waals surface area contributed by atoms with E-state index in [9.17, 15) is 0 Å². The summed E-state index contributed by atoms with van der Waals surface area (Å²) in [6, 6.07) is 0. The van der Waals surface area contributed by atoms with Crippen LogP contribution in [0.4, 0.5) is 0 Å². The summed E-state index contributed by atoms with van der Waals surface area (Å²) < 4.78 is 0. The Morgan fingerprint density at radius 3 is 0.818 bits per heavy atom. The van der Waals surface area contributed by atoms with Gasteiger partial charge in [0.1, 0.15) is 0 Å². The van der Waals surface area contributed by atoms with Gasteiger partial charge in [-0.25, -0.2) is 0 Å². The molecule has 0 aliphatic heterocycles. The maximum atomic E-state index is 1.80. The Morgan fingerprint density at radius 2 is 0.545 bits per heavy atom. The van der Waals surface area contributed by atoms with Crippen molar-refractivity contribution >= 4 is 16.5 Å². The van der Waals surface area contributed by atoms with E-state index < -0.39 is 0 Å². The third-order valence-corrected chi connectivity index (χ3v) is 9.72. The van der Waals surface area contributed by atoms with Crippen LogP contribution in [-0.2, 0) is 0 Å². The zero-order valence-electron chi connectivity index (χ0n) is 14.8. The number of rotatable bonds is 3. The minimum Gasteiger partial charge on any atom is -0.0533 e. The molecule has 2 heteroatoms. The quantitative estimate of drug-likeness (QED) is 0.451. The molecule has 2 fully saturated rings. The summed E-state index contributed by atoms with van der Waals surface area (Å²) in [5.74, 6) is 0. The lowest BCUT2D eigenvalue weighted by Crippen LogP contribution is -2.05. The predicted octanol–water partition coefficient (Wildman–Crippen LogP) is 8.58. The van der Waals surface area contributed by atoms with Crippen molar-refractivity contribution in [1.29, 1.82) is 0 Å². The molecule has 22 heavy (non-hydrogen) atoms. The van der Waals surface area contributed by atoms with Crippen LogP contribution in [0.1, 0.15) is 116 Å². The van der Waals surface area contributed by atoms with E-state index in [2.05, 4.69) is 0 Å². The summed E-state index contributed by atoms with van der Waals surface area (Å²) in [7, 11) is 3.61. The van der Waals surface area contributed by atoms with Crippen molar-refractivity contribution in [2.24, 2.45) is 0 Å². The molecule has 2 radical (unpaired) electrons. The third kappa shape index (κ3) is 9.23. The van der Waals surface area contributed by atoms with Gasteiger partial charge in [-0.1, -0.05) is 89.9 Å². The van der Waals surface area contributed by atoms with Crippen LogP contribution in [0.5, 0.6) is 0 Å². The monoisotopic (exact) mass is 340 g/mol. The van der Waals surface area contributed by atoms with Crippen LogP contribution >= 0.6 is 16.5 Å². The van der Waals surface area contributed by atoms with Crippen molar-refractivity contribution in [3.63, 3.8) is 0 Å². The third-order valence-electron chi connectivity index (χ3n) is 5.54. The van der Waals surface area contributed by atoms with Crippen molar-refractivity contribution in [3.05, 3.63) is 0 Å². The highest BCUT2D eigenvalue weighted by atomic mass is 32.0. The maximum absolute atomic E-state index is 1.80. The van der Waals surface area contributed by atoms with Gasteiger partial charge in [-0.15, -0.1) is 0 Å². The maximum Gasteiger partial charge on any atom is -0.0125 e. The predicted molar refractivity (Wildman–Crippen MR) is 105 cm³/mol. The summed E-state index contributed by atoms with van der Waals surface area (Å²) >= 11 is 0. The summed E-state index contributed by atoms with van der Waals surface area (Å²) in [6.07, 6.45) is 27.2. The topological polar surface area (TPSA) is 0 Å². The molecule has 2 rings (SSSR count). The molecule has 0 amide bonds. The molecule has 0 spiro atoms. The molecule has 0 heterocycles. The summed E-state index contributed by atoms with van der Waals surface area (Å²) in [4.78, 5) is 0. The van der Waals surface area contributed by atoms with Gasteiger partial charge in [0.15, 0.2) is 0 Å². The fraction of sp³-hybridized carbons (Fsp3) is 1.00. The lowest BCUT2D eigenvalue weighted by molar-refractivity contribution is 0.508. The number of hydrogen-bond donors (Lipinski definition) is 0. The Labute approximate surface area is 143 Å². The minimum atomic E-state index is 1.04. The van der Waals surface area contributed by atoms with Crippen LogP contribution in [0.15, 0.2) is 0 Å². The molecule has 128 valence electrons. The molecule has 2 saturated carbocycles. The standard InChI is InChI=1S/C20H38P2/c1-3-7-11-15-19(16-12-8-4-1)21-22-20-17-13-9-5-2-6-10-14-18-20/h19-20H,1-18H2. The molecule has 0 bridgehead atoms. The van der Waals surface area contributed by atoms with Gasteiger partial charge in [-0.2, -0.15) is 0 Å². The first kappa shape index (κ1) is 19.2. The highest BCUT2D eigenvalue weighted by Gasteiger charge is 2.16. The lowest BCUT2D eigenvalue weighted by atomic mass is 10.0. The molecule has 2 aliphatic carbocycles. The van der Waals surface area contributed by atoms with Crippen molar-refractivity contribution in [2.45, 2.75) is 127 Å². The minimum absolute atomic E-state index is 1.04. The van der Waals surface area contributed by atoms with Gasteiger partial charge in [0.2, 0.25) is 0 Å². The van der Waals surface area contributed by atoms with E-state index in [0.29, 0.717) is 0 Å². The van der Waals surface area contributed by atoms with Gasteiger partial charge in [-0.3, -0.25) is 0 Å².